The highest BCUT2D eigenvalue weighted by atomic mass is 19.4. The van der Waals surface area contributed by atoms with Crippen LogP contribution < -0.4 is 31.9 Å². The number of carboxylic acid groups (broad SMARTS) is 1. The second-order valence-electron chi connectivity index (χ2n) is 11.0. The number of nitrogens with one attached hydrogen (secondary N) is 4. The first kappa shape index (κ1) is 35.8. The molecule has 0 saturated carbocycles. The Hall–Kier alpha value is -6.07. The highest BCUT2D eigenvalue weighted by Gasteiger charge is 2.38. The fourth-order valence-corrected chi connectivity index (χ4v) is 5.02. The zero-order chi connectivity index (χ0) is 35.7. The van der Waals surface area contributed by atoms with Gasteiger partial charge in [0.2, 0.25) is 0 Å². The zero-order valence-electron chi connectivity index (χ0n) is 26.2. The number of aromatic nitrogens is 1. The van der Waals surface area contributed by atoms with E-state index in [1.54, 1.807) is 6.07 Å². The number of pyridine rings is 1. The molecule has 18 heteroatoms. The monoisotopic (exact) mass is 683 g/mol. The number of alkyl halides is 3. The molecule has 3 aromatic rings. The Labute approximate surface area is 279 Å². The Balaban J connectivity index is 0.000000698. The van der Waals surface area contributed by atoms with E-state index in [9.17, 15) is 22.8 Å². The van der Waals surface area contributed by atoms with Gasteiger partial charge in [0.15, 0.2) is 11.9 Å². The Morgan fingerprint density at radius 2 is 1.08 bits per heavy atom. The van der Waals surface area contributed by atoms with Crippen molar-refractivity contribution in [1.82, 2.24) is 14.8 Å². The molecular formula is C31H36F3N11O4. The molecule has 1 aromatic heterocycles. The summed E-state index contributed by atoms with van der Waals surface area (Å²) in [5.41, 5.74) is 14.9. The lowest BCUT2D eigenvalue weighted by molar-refractivity contribution is -0.192. The molecule has 2 aliphatic rings. The standard InChI is InChI=1S/C29H35N11O2.C2HF3O2/c30-28(31)39-15-11-37(12-16-39)23-5-1-21(2-6-23)35-26(41)20-9-10-34-25(19-20)27(42)36-22-3-7-24(8-4-22)38-13-17-40(18-14-38)29(32)33;3-2(4,5)1(6)7/h1-10,19H,11-18H2,(H3,30,31)(H3,32,33)(H,35,41)(H,36,42);(H,6,7). The number of aliphatic carboxylic acids is 1. The van der Waals surface area contributed by atoms with Crippen LogP contribution in [0.4, 0.5) is 35.9 Å². The van der Waals surface area contributed by atoms with Crippen LogP contribution in [0.5, 0.6) is 0 Å². The van der Waals surface area contributed by atoms with Crippen LogP contribution >= 0.6 is 0 Å². The molecule has 3 heterocycles. The number of carbonyl (C=O) groups is 3. The summed E-state index contributed by atoms with van der Waals surface area (Å²) in [4.78, 5) is 47.0. The number of carbonyl (C=O) groups excluding carboxylic acids is 2. The molecular weight excluding hydrogens is 647 g/mol. The summed E-state index contributed by atoms with van der Waals surface area (Å²) in [6.45, 7) is 5.80. The van der Waals surface area contributed by atoms with Gasteiger partial charge < -0.3 is 46.8 Å². The molecule has 2 amide bonds. The van der Waals surface area contributed by atoms with Crippen LogP contribution in [0.25, 0.3) is 0 Å². The van der Waals surface area contributed by atoms with Gasteiger partial charge in [-0.2, -0.15) is 13.2 Å². The Bertz CT molecular complexity index is 1550. The third kappa shape index (κ3) is 9.96. The maximum absolute atomic E-state index is 12.9. The predicted octanol–water partition coefficient (Wildman–Crippen LogP) is 2.25. The number of hydrogen-bond acceptors (Lipinski definition) is 8. The summed E-state index contributed by atoms with van der Waals surface area (Å²) >= 11 is 0. The van der Waals surface area contributed by atoms with Crippen molar-refractivity contribution in [3.63, 3.8) is 0 Å². The summed E-state index contributed by atoms with van der Waals surface area (Å²) in [6.07, 6.45) is -3.64. The number of halogens is 3. The van der Waals surface area contributed by atoms with Crippen molar-refractivity contribution in [1.29, 1.82) is 10.8 Å². The third-order valence-corrected chi connectivity index (χ3v) is 7.72. The number of nitrogens with two attached hydrogens (primary N) is 2. The molecule has 49 heavy (non-hydrogen) atoms. The molecule has 0 spiro atoms. The van der Waals surface area contributed by atoms with E-state index in [1.807, 2.05) is 58.3 Å². The molecule has 0 bridgehead atoms. The quantitative estimate of drug-likeness (QED) is 0.148. The summed E-state index contributed by atoms with van der Waals surface area (Å²) in [6, 6.07) is 18.1. The molecule has 2 fully saturated rings. The lowest BCUT2D eigenvalue weighted by atomic mass is 10.2. The summed E-state index contributed by atoms with van der Waals surface area (Å²) in [5.74, 6) is -3.33. The topological polar surface area (TPSA) is 221 Å². The van der Waals surface area contributed by atoms with E-state index < -0.39 is 18.1 Å². The number of piperazine rings is 2. The highest BCUT2D eigenvalue weighted by Crippen LogP contribution is 2.22. The lowest BCUT2D eigenvalue weighted by Gasteiger charge is -2.36. The summed E-state index contributed by atoms with van der Waals surface area (Å²) < 4.78 is 31.7. The van der Waals surface area contributed by atoms with Crippen LogP contribution in [-0.4, -0.2) is 108 Å². The van der Waals surface area contributed by atoms with E-state index in [0.717, 1.165) is 37.6 Å². The smallest absolute Gasteiger partial charge is 0.475 e. The van der Waals surface area contributed by atoms with Crippen molar-refractivity contribution in [3.8, 4) is 0 Å². The van der Waals surface area contributed by atoms with E-state index in [2.05, 4.69) is 25.4 Å². The van der Waals surface area contributed by atoms with Crippen LogP contribution in [0.3, 0.4) is 0 Å². The minimum Gasteiger partial charge on any atom is -0.475 e. The van der Waals surface area contributed by atoms with Gasteiger partial charge in [0, 0.05) is 86.9 Å². The van der Waals surface area contributed by atoms with Crippen LogP contribution in [0.2, 0.25) is 0 Å². The van der Waals surface area contributed by atoms with Gasteiger partial charge in [-0.3, -0.25) is 25.4 Å². The molecule has 9 N–H and O–H groups in total. The summed E-state index contributed by atoms with van der Waals surface area (Å²) in [7, 11) is 0. The molecule has 2 aliphatic heterocycles. The Morgan fingerprint density at radius 3 is 1.45 bits per heavy atom. The van der Waals surface area contributed by atoms with Gasteiger partial charge in [0.1, 0.15) is 5.69 Å². The molecule has 260 valence electrons. The first-order valence-electron chi connectivity index (χ1n) is 15.0. The molecule has 5 rings (SSSR count). The van der Waals surface area contributed by atoms with E-state index >= 15 is 0 Å². The zero-order valence-corrected chi connectivity index (χ0v) is 26.2. The van der Waals surface area contributed by atoms with Crippen molar-refractivity contribution in [3.05, 3.63) is 78.1 Å². The molecule has 0 atom stereocenters. The third-order valence-electron chi connectivity index (χ3n) is 7.72. The van der Waals surface area contributed by atoms with Crippen LogP contribution in [0.15, 0.2) is 66.9 Å². The van der Waals surface area contributed by atoms with Crippen LogP contribution in [0.1, 0.15) is 20.8 Å². The minimum absolute atomic E-state index is 0.0924. The number of nitrogens with zero attached hydrogens (tertiary/aromatic N) is 5. The average Bonchev–Trinajstić information content (AvgIpc) is 3.09. The van der Waals surface area contributed by atoms with Gasteiger partial charge in [0.05, 0.1) is 0 Å². The molecule has 2 saturated heterocycles. The fourth-order valence-electron chi connectivity index (χ4n) is 5.02. The SMILES string of the molecule is N=C(N)N1CCN(c2ccc(NC(=O)c3ccnc(C(=O)Nc4ccc(N5CCN(C(=N)N)CC5)cc4)c3)cc2)CC1.O=C(O)C(F)(F)F. The van der Waals surface area contributed by atoms with Gasteiger partial charge >= 0.3 is 12.1 Å². The van der Waals surface area contributed by atoms with Crippen molar-refractivity contribution >= 4 is 52.5 Å². The number of carboxylic acids is 1. The molecule has 0 unspecified atom stereocenters. The molecule has 15 nitrogen and oxygen atoms in total. The number of guanidine groups is 2. The van der Waals surface area contributed by atoms with Crippen LogP contribution in [0, 0.1) is 10.8 Å². The van der Waals surface area contributed by atoms with Crippen molar-refractivity contribution in [2.75, 3.05) is 72.8 Å². The molecule has 0 aliphatic carbocycles. The van der Waals surface area contributed by atoms with Crippen molar-refractivity contribution in [2.24, 2.45) is 11.5 Å². The van der Waals surface area contributed by atoms with Gasteiger partial charge in [-0.25, -0.2) is 4.79 Å². The second kappa shape index (κ2) is 15.7. The van der Waals surface area contributed by atoms with Gasteiger partial charge in [0.25, 0.3) is 11.8 Å². The minimum atomic E-state index is -5.08. The van der Waals surface area contributed by atoms with Crippen molar-refractivity contribution < 1.29 is 32.7 Å². The normalized spacial score (nSPS) is 14.7. The van der Waals surface area contributed by atoms with E-state index in [-0.39, 0.29) is 23.5 Å². The highest BCUT2D eigenvalue weighted by molar-refractivity contribution is 6.08. The summed E-state index contributed by atoms with van der Waals surface area (Å²) in [5, 5.41) is 28.0. The number of amides is 2. The number of rotatable bonds is 6. The van der Waals surface area contributed by atoms with Gasteiger partial charge in [-0.1, -0.05) is 0 Å². The first-order chi connectivity index (χ1) is 23.2. The van der Waals surface area contributed by atoms with E-state index in [0.29, 0.717) is 43.1 Å². The Morgan fingerprint density at radius 1 is 0.694 bits per heavy atom. The average molecular weight is 684 g/mol. The molecule has 2 aromatic carbocycles. The van der Waals surface area contributed by atoms with E-state index in [4.69, 9.17) is 32.2 Å². The van der Waals surface area contributed by atoms with Gasteiger partial charge in [-0.15, -0.1) is 0 Å². The predicted molar refractivity (Wildman–Crippen MR) is 178 cm³/mol. The maximum Gasteiger partial charge on any atom is 0.490 e. The number of hydrogen-bond donors (Lipinski definition) is 7. The second-order valence-corrected chi connectivity index (χ2v) is 11.0. The van der Waals surface area contributed by atoms with Gasteiger partial charge in [-0.05, 0) is 60.7 Å². The number of benzene rings is 2. The lowest BCUT2D eigenvalue weighted by Crippen LogP contribution is -2.50. The maximum atomic E-state index is 12.9. The number of anilines is 4. The van der Waals surface area contributed by atoms with E-state index in [1.165, 1.54) is 12.3 Å². The largest absolute Gasteiger partial charge is 0.490 e. The van der Waals surface area contributed by atoms with Crippen LogP contribution in [-0.2, 0) is 4.79 Å². The first-order valence-corrected chi connectivity index (χ1v) is 15.0. The molecule has 0 radical (unpaired) electrons. The van der Waals surface area contributed by atoms with Crippen molar-refractivity contribution in [2.45, 2.75) is 6.18 Å². The Kier molecular flexibility index (Phi) is 11.4. The fraction of sp³-hybridized carbons (Fsp3) is 0.290.